The van der Waals surface area contributed by atoms with Gasteiger partial charge in [0.05, 0.1) is 6.33 Å². The molecule has 12 nitrogen and oxygen atoms in total. The molecule has 2 N–H and O–H groups in total. The van der Waals surface area contributed by atoms with Crippen molar-refractivity contribution in [3.63, 3.8) is 0 Å². The number of hydrogen-bond donors (Lipinski definition) is 2. The molecule has 1 aliphatic carbocycles. The number of hydrogen-bond acceptors (Lipinski definition) is 11. The lowest BCUT2D eigenvalue weighted by Gasteiger charge is -2.18. The van der Waals surface area contributed by atoms with Crippen LogP contribution in [0, 0.1) is 0 Å². The number of carbonyl (C=O) groups is 1. The van der Waals surface area contributed by atoms with Crippen LogP contribution in [0.25, 0.3) is 11.2 Å². The van der Waals surface area contributed by atoms with Gasteiger partial charge in [-0.2, -0.15) is 9.97 Å². The van der Waals surface area contributed by atoms with Gasteiger partial charge in [0.15, 0.2) is 35.4 Å². The molecule has 0 aromatic carbocycles. The van der Waals surface area contributed by atoms with Crippen LogP contribution in [-0.4, -0.2) is 59.5 Å². The van der Waals surface area contributed by atoms with Gasteiger partial charge < -0.3 is 24.3 Å². The van der Waals surface area contributed by atoms with E-state index in [1.807, 2.05) is 20.8 Å². The number of rotatable bonds is 6. The van der Waals surface area contributed by atoms with E-state index in [0.29, 0.717) is 22.9 Å². The van der Waals surface area contributed by atoms with Crippen molar-refractivity contribution in [3.8, 4) is 0 Å². The van der Waals surface area contributed by atoms with Gasteiger partial charge in [0.1, 0.15) is 6.10 Å². The molecule has 0 amide bonds. The van der Waals surface area contributed by atoms with Gasteiger partial charge >= 0.3 is 0 Å². The highest BCUT2D eigenvalue weighted by atomic mass is 35.5. The van der Waals surface area contributed by atoms with Crippen LogP contribution in [0.4, 0.5) is 5.82 Å². The minimum Gasteiger partial charge on any atom is -0.458 e. The molecular formula is C21H26ClN7O5. The van der Waals surface area contributed by atoms with Gasteiger partial charge in [0.25, 0.3) is 6.47 Å². The molecule has 0 spiro atoms. The lowest BCUT2D eigenvalue weighted by atomic mass is 9.97. The average molecular weight is 492 g/mol. The molecule has 34 heavy (non-hydrogen) atoms. The number of aromatic nitrogens is 6. The highest BCUT2D eigenvalue weighted by molar-refractivity contribution is 6.28. The monoisotopic (exact) mass is 491 g/mol. The number of ether oxygens (including phenoxy) is 2. The molecule has 3 aromatic heterocycles. The molecule has 4 heterocycles. The van der Waals surface area contributed by atoms with Crippen LogP contribution in [0.5, 0.6) is 0 Å². The second-order valence-electron chi connectivity index (χ2n) is 9.62. The summed E-state index contributed by atoms with van der Waals surface area (Å²) in [6, 6.07) is 0.289. The Balaban J connectivity index is 1.49. The van der Waals surface area contributed by atoms with Crippen LogP contribution in [0.2, 0.25) is 5.28 Å². The van der Waals surface area contributed by atoms with Crippen molar-refractivity contribution in [3.05, 3.63) is 23.4 Å². The zero-order valence-electron chi connectivity index (χ0n) is 19.0. The van der Waals surface area contributed by atoms with Gasteiger partial charge in [-0.05, 0) is 24.4 Å². The quantitative estimate of drug-likeness (QED) is 0.386. The van der Waals surface area contributed by atoms with E-state index in [2.05, 4.69) is 30.5 Å². The molecule has 0 radical (unpaired) electrons. The van der Waals surface area contributed by atoms with Gasteiger partial charge in [-0.25, -0.2) is 4.98 Å². The number of imidazole rings is 1. The van der Waals surface area contributed by atoms with Crippen LogP contribution in [0.1, 0.15) is 70.6 Å². The third kappa shape index (κ3) is 4.10. The fourth-order valence-electron chi connectivity index (χ4n) is 4.39. The molecule has 5 rings (SSSR count). The highest BCUT2D eigenvalue weighted by Crippen LogP contribution is 2.42. The topological polar surface area (TPSA) is 150 Å². The normalized spacial score (nSPS) is 25.8. The maximum Gasteiger partial charge on any atom is 0.293 e. The average Bonchev–Trinajstić information content (AvgIpc) is 3.55. The van der Waals surface area contributed by atoms with E-state index in [1.54, 1.807) is 0 Å². The Labute approximate surface area is 200 Å². The van der Waals surface area contributed by atoms with E-state index in [-0.39, 0.29) is 29.1 Å². The predicted molar refractivity (Wildman–Crippen MR) is 119 cm³/mol. The van der Waals surface area contributed by atoms with Crippen LogP contribution in [-0.2, 0) is 19.7 Å². The zero-order valence-corrected chi connectivity index (χ0v) is 19.8. The zero-order chi connectivity index (χ0) is 24.0. The number of fused-ring (bicyclic) bond motifs is 1. The molecule has 182 valence electrons. The highest BCUT2D eigenvalue weighted by Gasteiger charge is 2.50. The number of aliphatic hydroxyl groups is 1. The summed E-state index contributed by atoms with van der Waals surface area (Å²) >= 11 is 6.22. The van der Waals surface area contributed by atoms with Crippen molar-refractivity contribution < 1.29 is 23.8 Å². The molecule has 4 atom stereocenters. The van der Waals surface area contributed by atoms with E-state index in [0.717, 1.165) is 25.7 Å². The maximum absolute atomic E-state index is 11.2. The number of nitrogens with one attached hydrogen (secondary N) is 1. The first-order valence-corrected chi connectivity index (χ1v) is 11.6. The maximum atomic E-state index is 11.2. The smallest absolute Gasteiger partial charge is 0.293 e. The Kier molecular flexibility index (Phi) is 5.90. The summed E-state index contributed by atoms with van der Waals surface area (Å²) < 4.78 is 18.6. The molecule has 13 heteroatoms. The molecule has 1 saturated heterocycles. The first-order chi connectivity index (χ1) is 16.3. The summed E-state index contributed by atoms with van der Waals surface area (Å²) in [7, 11) is 0. The molecule has 1 saturated carbocycles. The summed E-state index contributed by atoms with van der Waals surface area (Å²) in [6.07, 6.45) is 1.54. The second kappa shape index (κ2) is 8.75. The molecule has 0 bridgehead atoms. The molecule has 2 aliphatic rings. The van der Waals surface area contributed by atoms with E-state index in [4.69, 9.17) is 25.5 Å². The first kappa shape index (κ1) is 22.9. The van der Waals surface area contributed by atoms with Crippen LogP contribution < -0.4 is 5.32 Å². The SMILES string of the molecule is CC(C)(C)c1nnc([C@H]2O[C@@H](n3cnc4c(NC5CCCC5)nc(Cl)nc43)[C@H](O)[C@@H]2OC=O)o1. The molecule has 2 fully saturated rings. The van der Waals surface area contributed by atoms with Gasteiger partial charge in [0, 0.05) is 11.5 Å². The van der Waals surface area contributed by atoms with Crippen molar-refractivity contribution in [2.75, 3.05) is 5.32 Å². The summed E-state index contributed by atoms with van der Waals surface area (Å²) in [5.74, 6) is 1.01. The molecule has 1 aliphatic heterocycles. The van der Waals surface area contributed by atoms with Crippen molar-refractivity contribution >= 4 is 35.1 Å². The number of nitrogens with zero attached hydrogens (tertiary/aromatic N) is 6. The summed E-state index contributed by atoms with van der Waals surface area (Å²) in [4.78, 5) is 24.3. The Morgan fingerprint density at radius 1 is 1.26 bits per heavy atom. The van der Waals surface area contributed by atoms with Crippen molar-refractivity contribution in [2.45, 2.75) is 82.5 Å². The van der Waals surface area contributed by atoms with Crippen molar-refractivity contribution in [2.24, 2.45) is 0 Å². The van der Waals surface area contributed by atoms with Crippen LogP contribution in [0.15, 0.2) is 10.7 Å². The van der Waals surface area contributed by atoms with E-state index >= 15 is 0 Å². The number of carbonyl (C=O) groups excluding carboxylic acids is 1. The standard InChI is InChI=1S/C21H26ClN7O5/c1-21(2,3)19-28-27-17(34-19)14-13(32-9-30)12(31)18(33-14)29-8-23-11-15(24-10-6-4-5-7-10)25-20(22)26-16(11)29/h8-10,12-14,18,31H,4-7H2,1-3H3,(H,24,25,26)/t12-,13+,14+,18-/m1/s1. The van der Waals surface area contributed by atoms with Crippen LogP contribution in [0.3, 0.4) is 0 Å². The van der Waals surface area contributed by atoms with E-state index in [1.165, 1.54) is 10.9 Å². The molecule has 0 unspecified atom stereocenters. The van der Waals surface area contributed by atoms with E-state index in [9.17, 15) is 9.90 Å². The Bertz CT molecular complexity index is 1190. The van der Waals surface area contributed by atoms with Gasteiger partial charge in [-0.15, -0.1) is 10.2 Å². The predicted octanol–water partition coefficient (Wildman–Crippen LogP) is 2.69. The third-order valence-corrected chi connectivity index (χ3v) is 6.28. The van der Waals surface area contributed by atoms with Gasteiger partial charge in [-0.3, -0.25) is 9.36 Å². The largest absolute Gasteiger partial charge is 0.458 e. The first-order valence-electron chi connectivity index (χ1n) is 11.2. The minimum atomic E-state index is -1.27. The van der Waals surface area contributed by atoms with E-state index < -0.39 is 24.5 Å². The van der Waals surface area contributed by atoms with Gasteiger partial charge in [0.2, 0.25) is 17.1 Å². The fraction of sp³-hybridized carbons (Fsp3) is 0.619. The van der Waals surface area contributed by atoms with Crippen molar-refractivity contribution in [1.82, 2.24) is 29.7 Å². The minimum absolute atomic E-state index is 0.0335. The summed E-state index contributed by atoms with van der Waals surface area (Å²) in [5.41, 5.74) is 0.479. The van der Waals surface area contributed by atoms with Crippen molar-refractivity contribution in [1.29, 1.82) is 0 Å². The summed E-state index contributed by atoms with van der Waals surface area (Å²) in [6.45, 7) is 6.03. The fourth-order valence-corrected chi connectivity index (χ4v) is 4.55. The number of halogens is 1. The molecular weight excluding hydrogens is 466 g/mol. The lowest BCUT2D eigenvalue weighted by molar-refractivity contribution is -0.140. The number of aliphatic hydroxyl groups excluding tert-OH is 1. The third-order valence-electron chi connectivity index (χ3n) is 6.12. The second-order valence-corrected chi connectivity index (χ2v) is 9.96. The Morgan fingerprint density at radius 3 is 2.71 bits per heavy atom. The summed E-state index contributed by atoms with van der Waals surface area (Å²) in [5, 5.41) is 22.6. The van der Waals surface area contributed by atoms with Crippen LogP contribution >= 0.6 is 11.6 Å². The lowest BCUT2D eigenvalue weighted by Crippen LogP contribution is -2.31. The number of anilines is 1. The Morgan fingerprint density at radius 2 is 2.03 bits per heavy atom. The van der Waals surface area contributed by atoms with Gasteiger partial charge in [-0.1, -0.05) is 33.6 Å². The molecule has 3 aromatic rings. The Hall–Kier alpha value is -2.83.